The van der Waals surface area contributed by atoms with Crippen molar-refractivity contribution in [1.82, 2.24) is 9.88 Å². The lowest BCUT2D eigenvalue weighted by molar-refractivity contribution is -0.120. The normalized spacial score (nSPS) is 19.8. The standard InChI is InChI=1S/C16H18N2O5S/c1-9-15(10(2)23-17-9)24(20,21)18-16(19)14-8-13(14)11-5-4-6-12(7-11)22-3/h4-7,13-14H,8H2,1-3H3,(H,18,19)/t13-,14+/m1/s1. The van der Waals surface area contributed by atoms with E-state index >= 15 is 0 Å². The van der Waals surface area contributed by atoms with Gasteiger partial charge in [-0.15, -0.1) is 0 Å². The number of carbonyl (C=O) groups excluding carboxylic acids is 1. The first kappa shape index (κ1) is 16.5. The van der Waals surface area contributed by atoms with Gasteiger partial charge in [0.2, 0.25) is 5.91 Å². The number of aryl methyl sites for hydroxylation is 2. The zero-order valence-electron chi connectivity index (χ0n) is 13.6. The van der Waals surface area contributed by atoms with E-state index in [9.17, 15) is 13.2 Å². The number of aromatic nitrogens is 1. The lowest BCUT2D eigenvalue weighted by atomic mass is 10.1. The molecular weight excluding hydrogens is 332 g/mol. The minimum Gasteiger partial charge on any atom is -0.497 e. The number of ether oxygens (including phenoxy) is 1. The van der Waals surface area contributed by atoms with E-state index in [1.807, 2.05) is 24.3 Å². The number of hydrogen-bond acceptors (Lipinski definition) is 6. The molecule has 1 aliphatic carbocycles. The highest BCUT2D eigenvalue weighted by atomic mass is 32.2. The van der Waals surface area contributed by atoms with Gasteiger partial charge in [0.1, 0.15) is 11.4 Å². The molecule has 1 amide bonds. The predicted molar refractivity (Wildman–Crippen MR) is 85.1 cm³/mol. The van der Waals surface area contributed by atoms with Crippen LogP contribution in [0.1, 0.15) is 29.4 Å². The third-order valence-electron chi connectivity index (χ3n) is 4.12. The summed E-state index contributed by atoms with van der Waals surface area (Å²) in [6, 6.07) is 7.44. The molecule has 0 aliphatic heterocycles. The molecule has 0 saturated heterocycles. The van der Waals surface area contributed by atoms with E-state index in [1.54, 1.807) is 7.11 Å². The average Bonchev–Trinajstić information content (AvgIpc) is 3.26. The van der Waals surface area contributed by atoms with Crippen LogP contribution in [0.25, 0.3) is 0 Å². The molecular formula is C16H18N2O5S. The molecule has 8 heteroatoms. The molecule has 1 saturated carbocycles. The van der Waals surface area contributed by atoms with Crippen LogP contribution < -0.4 is 9.46 Å². The Balaban J connectivity index is 1.73. The van der Waals surface area contributed by atoms with Crippen molar-refractivity contribution in [1.29, 1.82) is 0 Å². The van der Waals surface area contributed by atoms with Gasteiger partial charge < -0.3 is 9.26 Å². The average molecular weight is 350 g/mol. The number of sulfonamides is 1. The van der Waals surface area contributed by atoms with Gasteiger partial charge in [-0.2, -0.15) is 0 Å². The first-order chi connectivity index (χ1) is 11.3. The van der Waals surface area contributed by atoms with Crippen molar-refractivity contribution in [2.45, 2.75) is 31.1 Å². The number of hydrogen-bond donors (Lipinski definition) is 1. The fourth-order valence-electron chi connectivity index (χ4n) is 2.84. The van der Waals surface area contributed by atoms with E-state index in [2.05, 4.69) is 9.88 Å². The van der Waals surface area contributed by atoms with E-state index in [1.165, 1.54) is 13.8 Å². The zero-order chi connectivity index (χ0) is 17.5. The van der Waals surface area contributed by atoms with Crippen LogP contribution in [-0.2, 0) is 14.8 Å². The minimum absolute atomic E-state index is 0.0000291. The SMILES string of the molecule is COc1cccc([C@H]2C[C@@H]2C(=O)NS(=O)(=O)c2c(C)noc2C)c1. The minimum atomic E-state index is -3.98. The Hall–Kier alpha value is -2.35. The first-order valence-corrected chi connectivity index (χ1v) is 8.95. The van der Waals surface area contributed by atoms with Crippen molar-refractivity contribution in [3.05, 3.63) is 41.3 Å². The predicted octanol–water partition coefficient (Wildman–Crippen LogP) is 1.91. The molecule has 7 nitrogen and oxygen atoms in total. The number of benzene rings is 1. The molecule has 0 radical (unpaired) electrons. The fraction of sp³-hybridized carbons (Fsp3) is 0.375. The molecule has 1 N–H and O–H groups in total. The van der Waals surface area contributed by atoms with Crippen molar-refractivity contribution in [3.8, 4) is 5.75 Å². The molecule has 1 aromatic heterocycles. The maximum atomic E-state index is 12.4. The number of methoxy groups -OCH3 is 1. The van der Waals surface area contributed by atoms with Crippen molar-refractivity contribution >= 4 is 15.9 Å². The van der Waals surface area contributed by atoms with Gasteiger partial charge >= 0.3 is 0 Å². The van der Waals surface area contributed by atoms with Gasteiger partial charge in [0, 0.05) is 5.92 Å². The van der Waals surface area contributed by atoms with Gasteiger partial charge in [-0.1, -0.05) is 17.3 Å². The molecule has 0 unspecified atom stereocenters. The lowest BCUT2D eigenvalue weighted by Gasteiger charge is -2.07. The van der Waals surface area contributed by atoms with Crippen molar-refractivity contribution < 1.29 is 22.5 Å². The number of nitrogens with one attached hydrogen (secondary N) is 1. The largest absolute Gasteiger partial charge is 0.497 e. The van der Waals surface area contributed by atoms with Crippen LogP contribution in [0, 0.1) is 19.8 Å². The highest BCUT2D eigenvalue weighted by Gasteiger charge is 2.45. The number of carbonyl (C=O) groups is 1. The summed E-state index contributed by atoms with van der Waals surface area (Å²) in [5, 5.41) is 3.61. The second-order valence-electron chi connectivity index (χ2n) is 5.85. The van der Waals surface area contributed by atoms with Gasteiger partial charge in [0.05, 0.1) is 7.11 Å². The van der Waals surface area contributed by atoms with Crippen molar-refractivity contribution in [2.24, 2.45) is 5.92 Å². The van der Waals surface area contributed by atoms with Crippen LogP contribution in [-0.4, -0.2) is 26.6 Å². The van der Waals surface area contributed by atoms with Gasteiger partial charge in [0.25, 0.3) is 10.0 Å². The van der Waals surface area contributed by atoms with Crippen LogP contribution >= 0.6 is 0 Å². The Bertz CT molecular complexity index is 868. The van der Waals surface area contributed by atoms with E-state index in [4.69, 9.17) is 9.26 Å². The number of rotatable bonds is 5. The quantitative estimate of drug-likeness (QED) is 0.884. The molecule has 1 aliphatic rings. The molecule has 1 fully saturated rings. The Morgan fingerprint density at radius 3 is 2.75 bits per heavy atom. The van der Waals surface area contributed by atoms with Gasteiger partial charge in [0.15, 0.2) is 10.7 Å². The van der Waals surface area contributed by atoms with Crippen LogP contribution in [0.5, 0.6) is 5.75 Å². The van der Waals surface area contributed by atoms with E-state index in [0.29, 0.717) is 12.2 Å². The second kappa shape index (κ2) is 5.94. The summed E-state index contributed by atoms with van der Waals surface area (Å²) in [5.74, 6) is -0.00927. The smallest absolute Gasteiger partial charge is 0.269 e. The molecule has 1 aromatic carbocycles. The van der Waals surface area contributed by atoms with Crippen molar-refractivity contribution in [2.75, 3.05) is 7.11 Å². The molecule has 2 atom stereocenters. The summed E-state index contributed by atoms with van der Waals surface area (Å²) >= 11 is 0. The maximum Gasteiger partial charge on any atom is 0.269 e. The number of amides is 1. The first-order valence-electron chi connectivity index (χ1n) is 7.47. The molecule has 24 heavy (non-hydrogen) atoms. The summed E-state index contributed by atoms with van der Waals surface area (Å²) in [4.78, 5) is 12.2. The molecule has 3 rings (SSSR count). The van der Waals surface area contributed by atoms with Crippen LogP contribution in [0.2, 0.25) is 0 Å². The summed E-state index contributed by atoms with van der Waals surface area (Å²) in [7, 11) is -2.41. The summed E-state index contributed by atoms with van der Waals surface area (Å²) in [5.41, 5.74) is 1.19. The maximum absolute atomic E-state index is 12.4. The topological polar surface area (TPSA) is 98.5 Å². The van der Waals surface area contributed by atoms with Crippen LogP contribution in [0.4, 0.5) is 0 Å². The zero-order valence-corrected chi connectivity index (χ0v) is 14.4. The fourth-order valence-corrected chi connectivity index (χ4v) is 4.20. The summed E-state index contributed by atoms with van der Waals surface area (Å²) in [6.45, 7) is 3.01. The van der Waals surface area contributed by atoms with Gasteiger partial charge in [-0.05, 0) is 43.9 Å². The van der Waals surface area contributed by atoms with Crippen LogP contribution in [0.15, 0.2) is 33.7 Å². The Morgan fingerprint density at radius 1 is 1.38 bits per heavy atom. The highest BCUT2D eigenvalue weighted by Crippen LogP contribution is 2.48. The molecule has 128 valence electrons. The summed E-state index contributed by atoms with van der Waals surface area (Å²) in [6.07, 6.45) is 0.607. The third-order valence-corrected chi connectivity index (χ3v) is 5.71. The molecule has 0 bridgehead atoms. The Morgan fingerprint density at radius 2 is 2.12 bits per heavy atom. The van der Waals surface area contributed by atoms with Crippen LogP contribution in [0.3, 0.4) is 0 Å². The third kappa shape index (κ3) is 3.01. The van der Waals surface area contributed by atoms with E-state index in [0.717, 1.165) is 5.56 Å². The Labute approximate surface area is 140 Å². The van der Waals surface area contributed by atoms with Crippen molar-refractivity contribution in [3.63, 3.8) is 0 Å². The highest BCUT2D eigenvalue weighted by molar-refractivity contribution is 7.90. The van der Waals surface area contributed by atoms with Gasteiger partial charge in [-0.3, -0.25) is 4.79 Å². The lowest BCUT2D eigenvalue weighted by Crippen LogP contribution is -2.32. The number of nitrogens with zero attached hydrogens (tertiary/aromatic N) is 1. The van der Waals surface area contributed by atoms with E-state index < -0.39 is 15.9 Å². The molecule has 0 spiro atoms. The molecule has 2 aromatic rings. The summed E-state index contributed by atoms with van der Waals surface area (Å²) < 4.78 is 36.9. The van der Waals surface area contributed by atoms with Gasteiger partial charge in [-0.25, -0.2) is 13.1 Å². The second-order valence-corrected chi connectivity index (χ2v) is 7.47. The van der Waals surface area contributed by atoms with E-state index in [-0.39, 0.29) is 28.2 Å². The Kier molecular flexibility index (Phi) is 4.08. The molecule has 1 heterocycles. The monoisotopic (exact) mass is 350 g/mol.